The van der Waals surface area contributed by atoms with E-state index in [1.165, 1.54) is 6.42 Å². The fourth-order valence-corrected chi connectivity index (χ4v) is 2.85. The standard InChI is InChI=1S/C16H30N4O2.ClH/c1-12(2)9-21-13(3)15-18-14(22-19-15)8-20(5)11-16(4)6-7-17-10-16;/h12-13,17H,6-11H2,1-5H3;1H. The summed E-state index contributed by atoms with van der Waals surface area (Å²) < 4.78 is 11.1. The van der Waals surface area contributed by atoms with Crippen LogP contribution in [0.3, 0.4) is 0 Å². The summed E-state index contributed by atoms with van der Waals surface area (Å²) in [6, 6.07) is 0. The molecular formula is C16H31ClN4O2. The Labute approximate surface area is 145 Å². The summed E-state index contributed by atoms with van der Waals surface area (Å²) in [7, 11) is 2.10. The number of nitrogens with zero attached hydrogens (tertiary/aromatic N) is 3. The van der Waals surface area contributed by atoms with Gasteiger partial charge in [0.15, 0.2) is 5.82 Å². The van der Waals surface area contributed by atoms with Crippen LogP contribution in [0.2, 0.25) is 0 Å². The fraction of sp³-hybridized carbons (Fsp3) is 0.875. The average molecular weight is 347 g/mol. The van der Waals surface area contributed by atoms with E-state index in [4.69, 9.17) is 9.26 Å². The second kappa shape index (κ2) is 8.97. The van der Waals surface area contributed by atoms with Crippen molar-refractivity contribution < 1.29 is 9.26 Å². The van der Waals surface area contributed by atoms with E-state index >= 15 is 0 Å². The molecule has 2 heterocycles. The summed E-state index contributed by atoms with van der Waals surface area (Å²) in [6.45, 7) is 13.1. The monoisotopic (exact) mass is 346 g/mol. The van der Waals surface area contributed by atoms with Crippen LogP contribution in [0.25, 0.3) is 0 Å². The Morgan fingerprint density at radius 1 is 1.39 bits per heavy atom. The lowest BCUT2D eigenvalue weighted by Crippen LogP contribution is -2.34. The minimum atomic E-state index is -0.123. The normalized spacial score (nSPS) is 22.6. The van der Waals surface area contributed by atoms with Gasteiger partial charge in [-0.1, -0.05) is 25.9 Å². The molecule has 2 unspecified atom stereocenters. The zero-order chi connectivity index (χ0) is 16.2. The molecule has 1 saturated heterocycles. The minimum absolute atomic E-state index is 0. The minimum Gasteiger partial charge on any atom is -0.370 e. The SMILES string of the molecule is CC(C)COC(C)c1noc(CN(C)CC2(C)CCNC2)n1.Cl. The Hall–Kier alpha value is -0.690. The van der Waals surface area contributed by atoms with Crippen molar-refractivity contribution in [2.75, 3.05) is 33.3 Å². The van der Waals surface area contributed by atoms with E-state index in [2.05, 4.69) is 48.2 Å². The summed E-state index contributed by atoms with van der Waals surface area (Å²) in [6.07, 6.45) is 1.09. The van der Waals surface area contributed by atoms with E-state index < -0.39 is 0 Å². The van der Waals surface area contributed by atoms with Crippen LogP contribution in [0.4, 0.5) is 0 Å². The molecule has 23 heavy (non-hydrogen) atoms. The molecular weight excluding hydrogens is 316 g/mol. The van der Waals surface area contributed by atoms with Crippen molar-refractivity contribution >= 4 is 12.4 Å². The number of ether oxygens (including phenoxy) is 1. The Morgan fingerprint density at radius 2 is 2.13 bits per heavy atom. The van der Waals surface area contributed by atoms with E-state index in [9.17, 15) is 0 Å². The number of rotatable bonds is 8. The van der Waals surface area contributed by atoms with Gasteiger partial charge in [0.25, 0.3) is 0 Å². The molecule has 0 aromatic carbocycles. The molecule has 7 heteroatoms. The van der Waals surface area contributed by atoms with Gasteiger partial charge in [0, 0.05) is 19.7 Å². The van der Waals surface area contributed by atoms with E-state index in [1.807, 2.05) is 6.92 Å². The van der Waals surface area contributed by atoms with Crippen LogP contribution in [-0.2, 0) is 11.3 Å². The Bertz CT molecular complexity index is 461. The van der Waals surface area contributed by atoms with Gasteiger partial charge in [0.1, 0.15) is 6.10 Å². The van der Waals surface area contributed by atoms with E-state index in [0.717, 1.165) is 19.6 Å². The molecule has 1 aliphatic heterocycles. The van der Waals surface area contributed by atoms with Gasteiger partial charge in [-0.05, 0) is 38.3 Å². The third-order valence-electron chi connectivity index (χ3n) is 4.04. The fourth-order valence-electron chi connectivity index (χ4n) is 2.85. The predicted molar refractivity (Wildman–Crippen MR) is 92.7 cm³/mol. The van der Waals surface area contributed by atoms with Gasteiger partial charge in [-0.15, -0.1) is 12.4 Å². The number of aromatic nitrogens is 2. The van der Waals surface area contributed by atoms with Gasteiger partial charge in [0.2, 0.25) is 5.89 Å². The lowest BCUT2D eigenvalue weighted by molar-refractivity contribution is 0.0402. The Balaban J connectivity index is 0.00000264. The predicted octanol–water partition coefficient (Wildman–Crippen LogP) is 2.66. The van der Waals surface area contributed by atoms with Crippen LogP contribution in [0.5, 0.6) is 0 Å². The van der Waals surface area contributed by atoms with Crippen molar-refractivity contribution in [3.05, 3.63) is 11.7 Å². The van der Waals surface area contributed by atoms with E-state index in [1.54, 1.807) is 0 Å². The summed E-state index contributed by atoms with van der Waals surface area (Å²) in [4.78, 5) is 6.72. The van der Waals surface area contributed by atoms with E-state index in [0.29, 0.717) is 36.2 Å². The molecule has 1 aromatic rings. The Kier molecular flexibility index (Phi) is 7.94. The molecule has 1 N–H and O–H groups in total. The highest BCUT2D eigenvalue weighted by atomic mass is 35.5. The van der Waals surface area contributed by atoms with E-state index in [-0.39, 0.29) is 18.5 Å². The molecule has 2 atom stereocenters. The first kappa shape index (κ1) is 20.4. The van der Waals surface area contributed by atoms with Crippen molar-refractivity contribution in [3.63, 3.8) is 0 Å². The van der Waals surface area contributed by atoms with Gasteiger partial charge in [-0.25, -0.2) is 0 Å². The number of halogens is 1. The summed E-state index contributed by atoms with van der Waals surface area (Å²) in [5.74, 6) is 1.80. The first-order chi connectivity index (χ1) is 10.4. The quantitative estimate of drug-likeness (QED) is 0.780. The van der Waals surface area contributed by atoms with Crippen molar-refractivity contribution in [1.82, 2.24) is 20.4 Å². The maximum Gasteiger partial charge on any atom is 0.240 e. The molecule has 0 bridgehead atoms. The largest absolute Gasteiger partial charge is 0.370 e. The maximum absolute atomic E-state index is 5.72. The molecule has 6 nitrogen and oxygen atoms in total. The second-order valence-electron chi connectivity index (χ2n) is 7.33. The van der Waals surface area contributed by atoms with Crippen LogP contribution < -0.4 is 5.32 Å². The zero-order valence-corrected chi connectivity index (χ0v) is 15.8. The molecule has 1 fully saturated rings. The van der Waals surface area contributed by atoms with Crippen LogP contribution in [0, 0.1) is 11.3 Å². The van der Waals surface area contributed by atoms with Crippen molar-refractivity contribution in [2.45, 2.75) is 46.8 Å². The highest BCUT2D eigenvalue weighted by Crippen LogP contribution is 2.25. The molecule has 0 aliphatic carbocycles. The number of hydrogen-bond donors (Lipinski definition) is 1. The van der Waals surface area contributed by atoms with Crippen molar-refractivity contribution in [1.29, 1.82) is 0 Å². The van der Waals surface area contributed by atoms with Gasteiger partial charge >= 0.3 is 0 Å². The summed E-state index contributed by atoms with van der Waals surface area (Å²) >= 11 is 0. The Morgan fingerprint density at radius 3 is 2.74 bits per heavy atom. The smallest absolute Gasteiger partial charge is 0.240 e. The first-order valence-electron chi connectivity index (χ1n) is 8.21. The topological polar surface area (TPSA) is 63.4 Å². The first-order valence-corrected chi connectivity index (χ1v) is 8.21. The average Bonchev–Trinajstić information content (AvgIpc) is 3.05. The van der Waals surface area contributed by atoms with Crippen molar-refractivity contribution in [3.8, 4) is 0 Å². The molecule has 0 spiro atoms. The second-order valence-corrected chi connectivity index (χ2v) is 7.33. The van der Waals surface area contributed by atoms with Gasteiger partial charge in [0.05, 0.1) is 6.54 Å². The van der Waals surface area contributed by atoms with Crippen LogP contribution >= 0.6 is 12.4 Å². The van der Waals surface area contributed by atoms with Crippen LogP contribution in [0.1, 0.15) is 51.9 Å². The molecule has 2 rings (SSSR count). The van der Waals surface area contributed by atoms with Crippen molar-refractivity contribution in [2.24, 2.45) is 11.3 Å². The van der Waals surface area contributed by atoms with Crippen LogP contribution in [0.15, 0.2) is 4.52 Å². The molecule has 0 amide bonds. The molecule has 1 aromatic heterocycles. The lowest BCUT2D eigenvalue weighted by Gasteiger charge is -2.28. The maximum atomic E-state index is 5.72. The molecule has 0 radical (unpaired) electrons. The number of hydrogen-bond acceptors (Lipinski definition) is 6. The summed E-state index contributed by atoms with van der Waals surface area (Å²) in [5, 5.41) is 7.48. The molecule has 0 saturated carbocycles. The van der Waals surface area contributed by atoms with Gasteiger partial charge < -0.3 is 14.6 Å². The third kappa shape index (κ3) is 6.37. The lowest BCUT2D eigenvalue weighted by atomic mass is 9.89. The van der Waals surface area contributed by atoms with Gasteiger partial charge in [-0.3, -0.25) is 4.90 Å². The van der Waals surface area contributed by atoms with Gasteiger partial charge in [-0.2, -0.15) is 4.98 Å². The molecule has 1 aliphatic rings. The zero-order valence-electron chi connectivity index (χ0n) is 15.0. The van der Waals surface area contributed by atoms with Crippen LogP contribution in [-0.4, -0.2) is 48.3 Å². The third-order valence-corrected chi connectivity index (χ3v) is 4.04. The highest BCUT2D eigenvalue weighted by molar-refractivity contribution is 5.85. The number of nitrogens with one attached hydrogen (secondary N) is 1. The molecule has 134 valence electrons. The highest BCUT2D eigenvalue weighted by Gasteiger charge is 2.30. The summed E-state index contributed by atoms with van der Waals surface area (Å²) in [5.41, 5.74) is 0.339.